The van der Waals surface area contributed by atoms with Crippen LogP contribution in [-0.2, 0) is 11.2 Å². The molecule has 1 fully saturated rings. The Labute approximate surface area is 168 Å². The van der Waals surface area contributed by atoms with E-state index in [1.807, 2.05) is 0 Å². The molecule has 2 aliphatic rings. The minimum absolute atomic E-state index is 0. The molecule has 25 heavy (non-hydrogen) atoms. The van der Waals surface area contributed by atoms with Crippen molar-refractivity contribution in [1.82, 2.24) is 10.2 Å². The maximum Gasteiger partial charge on any atom is 0.198 e. The van der Waals surface area contributed by atoms with E-state index in [1.54, 1.807) is 7.11 Å². The number of benzene rings is 1. The van der Waals surface area contributed by atoms with Gasteiger partial charge in [-0.2, -0.15) is 0 Å². The third kappa shape index (κ3) is 5.08. The summed E-state index contributed by atoms with van der Waals surface area (Å²) in [7, 11) is 1.78. The monoisotopic (exact) mass is 458 g/mol. The number of anilines is 1. The van der Waals surface area contributed by atoms with Gasteiger partial charge in [0, 0.05) is 38.5 Å². The minimum Gasteiger partial charge on any atom is -0.383 e. The number of para-hydroxylation sites is 1. The topological polar surface area (TPSA) is 40.1 Å². The Morgan fingerprint density at radius 3 is 2.96 bits per heavy atom. The first-order chi connectivity index (χ1) is 11.8. The lowest BCUT2D eigenvalue weighted by Gasteiger charge is -2.25. The highest BCUT2D eigenvalue weighted by Crippen LogP contribution is 2.27. The van der Waals surface area contributed by atoms with Gasteiger partial charge in [-0.3, -0.25) is 9.89 Å². The van der Waals surface area contributed by atoms with Crippen molar-refractivity contribution in [1.29, 1.82) is 0 Å². The normalized spacial score (nSPS) is 20.5. The van der Waals surface area contributed by atoms with Gasteiger partial charge in [-0.1, -0.05) is 18.2 Å². The van der Waals surface area contributed by atoms with Gasteiger partial charge in [0.25, 0.3) is 0 Å². The van der Waals surface area contributed by atoms with Crippen LogP contribution in [0, 0.1) is 0 Å². The first kappa shape index (κ1) is 20.5. The Bertz CT molecular complexity index is 566. The molecule has 0 saturated carbocycles. The molecule has 1 atom stereocenters. The zero-order chi connectivity index (χ0) is 16.8. The summed E-state index contributed by atoms with van der Waals surface area (Å²) in [5, 5.41) is 3.48. The fourth-order valence-electron chi connectivity index (χ4n) is 3.75. The van der Waals surface area contributed by atoms with Gasteiger partial charge >= 0.3 is 0 Å². The van der Waals surface area contributed by atoms with Crippen molar-refractivity contribution in [3.05, 3.63) is 29.8 Å². The summed E-state index contributed by atoms with van der Waals surface area (Å²) in [5.41, 5.74) is 2.73. The summed E-state index contributed by atoms with van der Waals surface area (Å²) >= 11 is 0. The number of hydrogen-bond donors (Lipinski definition) is 1. The number of halogens is 1. The van der Waals surface area contributed by atoms with Gasteiger partial charge in [-0.25, -0.2) is 0 Å². The molecule has 2 aliphatic heterocycles. The predicted octanol–water partition coefficient (Wildman–Crippen LogP) is 2.74. The van der Waals surface area contributed by atoms with Crippen molar-refractivity contribution in [3.8, 4) is 0 Å². The number of rotatable bonds is 6. The molecular weight excluding hydrogens is 427 g/mol. The molecule has 0 spiro atoms. The van der Waals surface area contributed by atoms with Crippen LogP contribution >= 0.6 is 24.0 Å². The molecular formula is C19H31IN4O. The molecule has 5 nitrogen and oxygen atoms in total. The molecule has 0 aliphatic carbocycles. The van der Waals surface area contributed by atoms with E-state index >= 15 is 0 Å². The molecule has 1 N–H and O–H groups in total. The standard InChI is InChI=1S/C19H30N4O.HI/c1-3-20-19(23-12-10-16-7-4-5-9-18(16)23)21-15-17-8-6-11-22(17)13-14-24-2;/h4-5,7,9,17H,3,6,8,10-15H2,1-2H3,(H,20,21);1H. The van der Waals surface area contributed by atoms with Gasteiger partial charge in [0.05, 0.1) is 13.2 Å². The third-order valence-corrected chi connectivity index (χ3v) is 5.01. The molecule has 0 bridgehead atoms. The molecule has 1 saturated heterocycles. The number of nitrogens with zero attached hydrogens (tertiary/aromatic N) is 3. The summed E-state index contributed by atoms with van der Waals surface area (Å²) in [5.74, 6) is 1.03. The second-order valence-corrected chi connectivity index (χ2v) is 6.55. The van der Waals surface area contributed by atoms with Crippen LogP contribution < -0.4 is 10.2 Å². The molecule has 140 valence electrons. The van der Waals surface area contributed by atoms with E-state index in [-0.39, 0.29) is 24.0 Å². The number of fused-ring (bicyclic) bond motifs is 1. The van der Waals surface area contributed by atoms with Gasteiger partial charge in [0.15, 0.2) is 5.96 Å². The maximum atomic E-state index is 5.24. The predicted molar refractivity (Wildman–Crippen MR) is 115 cm³/mol. The number of guanidine groups is 1. The number of methoxy groups -OCH3 is 1. The Morgan fingerprint density at radius 1 is 1.32 bits per heavy atom. The summed E-state index contributed by atoms with van der Waals surface area (Å²) in [4.78, 5) is 9.85. The Hall–Kier alpha value is -0.860. The molecule has 2 heterocycles. The van der Waals surface area contributed by atoms with E-state index in [0.29, 0.717) is 6.04 Å². The third-order valence-electron chi connectivity index (χ3n) is 5.01. The fraction of sp³-hybridized carbons (Fsp3) is 0.632. The Morgan fingerprint density at radius 2 is 2.16 bits per heavy atom. The number of likely N-dealkylation sites (tertiary alicyclic amines) is 1. The van der Waals surface area contributed by atoms with Crippen LogP contribution in [0.25, 0.3) is 0 Å². The van der Waals surface area contributed by atoms with Gasteiger partial charge in [0.2, 0.25) is 0 Å². The quantitative estimate of drug-likeness (QED) is 0.405. The largest absolute Gasteiger partial charge is 0.383 e. The molecule has 0 aromatic heterocycles. The number of hydrogen-bond acceptors (Lipinski definition) is 3. The number of ether oxygens (including phenoxy) is 1. The highest BCUT2D eigenvalue weighted by molar-refractivity contribution is 14.0. The van der Waals surface area contributed by atoms with E-state index in [9.17, 15) is 0 Å². The van der Waals surface area contributed by atoms with Crippen molar-refractivity contribution in [2.75, 3.05) is 51.3 Å². The van der Waals surface area contributed by atoms with E-state index in [1.165, 1.54) is 30.6 Å². The Kier molecular flexibility index (Phi) is 8.45. The van der Waals surface area contributed by atoms with Gasteiger partial charge in [-0.05, 0) is 44.4 Å². The molecule has 1 aromatic carbocycles. The van der Waals surface area contributed by atoms with Gasteiger partial charge in [0.1, 0.15) is 0 Å². The zero-order valence-corrected chi connectivity index (χ0v) is 17.7. The first-order valence-corrected chi connectivity index (χ1v) is 9.20. The van der Waals surface area contributed by atoms with Crippen LogP contribution in [0.1, 0.15) is 25.3 Å². The highest BCUT2D eigenvalue weighted by Gasteiger charge is 2.26. The van der Waals surface area contributed by atoms with Crippen LogP contribution in [0.2, 0.25) is 0 Å². The van der Waals surface area contributed by atoms with Gasteiger partial charge < -0.3 is 15.0 Å². The van der Waals surface area contributed by atoms with E-state index in [4.69, 9.17) is 9.73 Å². The van der Waals surface area contributed by atoms with Crippen molar-refractivity contribution in [2.24, 2.45) is 4.99 Å². The lowest BCUT2D eigenvalue weighted by atomic mass is 10.2. The van der Waals surface area contributed by atoms with Crippen molar-refractivity contribution in [3.63, 3.8) is 0 Å². The molecule has 0 amide bonds. The molecule has 0 radical (unpaired) electrons. The summed E-state index contributed by atoms with van der Waals surface area (Å²) < 4.78 is 5.24. The molecule has 6 heteroatoms. The number of aliphatic imine (C=N–C) groups is 1. The molecule has 3 rings (SSSR count). The van der Waals surface area contributed by atoms with Crippen LogP contribution in [0.15, 0.2) is 29.3 Å². The van der Waals surface area contributed by atoms with Crippen molar-refractivity contribution in [2.45, 2.75) is 32.2 Å². The smallest absolute Gasteiger partial charge is 0.198 e. The second-order valence-electron chi connectivity index (χ2n) is 6.55. The average Bonchev–Trinajstić information content (AvgIpc) is 3.23. The van der Waals surface area contributed by atoms with Crippen LogP contribution in [0.4, 0.5) is 5.69 Å². The van der Waals surface area contributed by atoms with E-state index < -0.39 is 0 Å². The van der Waals surface area contributed by atoms with Crippen molar-refractivity contribution < 1.29 is 4.74 Å². The average molecular weight is 458 g/mol. The summed E-state index contributed by atoms with van der Waals surface area (Å²) in [6, 6.07) is 9.22. The zero-order valence-electron chi connectivity index (χ0n) is 15.4. The summed E-state index contributed by atoms with van der Waals surface area (Å²) in [6.07, 6.45) is 3.61. The SMILES string of the molecule is CCNC(=NCC1CCCN1CCOC)N1CCc2ccccc21.I. The second kappa shape index (κ2) is 10.3. The van der Waals surface area contributed by atoms with Crippen LogP contribution in [0.5, 0.6) is 0 Å². The van der Waals surface area contributed by atoms with Crippen LogP contribution in [-0.4, -0.2) is 63.3 Å². The fourth-order valence-corrected chi connectivity index (χ4v) is 3.75. The Balaban J connectivity index is 0.00000225. The summed E-state index contributed by atoms with van der Waals surface area (Å²) in [6.45, 7) is 7.91. The highest BCUT2D eigenvalue weighted by atomic mass is 127. The maximum absolute atomic E-state index is 5.24. The van der Waals surface area contributed by atoms with Crippen LogP contribution in [0.3, 0.4) is 0 Å². The van der Waals surface area contributed by atoms with Crippen molar-refractivity contribution >= 4 is 35.6 Å². The molecule has 1 aromatic rings. The van der Waals surface area contributed by atoms with E-state index in [0.717, 1.165) is 45.2 Å². The lowest BCUT2D eigenvalue weighted by Crippen LogP contribution is -2.42. The minimum atomic E-state index is 0. The van der Waals surface area contributed by atoms with Gasteiger partial charge in [-0.15, -0.1) is 24.0 Å². The molecule has 1 unspecified atom stereocenters. The van der Waals surface area contributed by atoms with E-state index in [2.05, 4.69) is 46.3 Å². The lowest BCUT2D eigenvalue weighted by molar-refractivity contribution is 0.143. The first-order valence-electron chi connectivity index (χ1n) is 9.20. The number of nitrogens with one attached hydrogen (secondary N) is 1.